The van der Waals surface area contributed by atoms with E-state index in [0.29, 0.717) is 22.6 Å². The lowest BCUT2D eigenvalue weighted by Gasteiger charge is -2.19. The van der Waals surface area contributed by atoms with Crippen molar-refractivity contribution < 1.29 is 0 Å². The second-order valence-corrected chi connectivity index (χ2v) is 5.33. The lowest BCUT2D eigenvalue weighted by molar-refractivity contribution is 0.390. The van der Waals surface area contributed by atoms with E-state index >= 15 is 0 Å². The Hall–Kier alpha value is -2.08. The normalized spacial score (nSPS) is 12.8. The van der Waals surface area contributed by atoms with Gasteiger partial charge in [-0.05, 0) is 46.1 Å². The van der Waals surface area contributed by atoms with Gasteiger partial charge in [-0.3, -0.25) is 4.79 Å². The van der Waals surface area contributed by atoms with Gasteiger partial charge in [0.05, 0.1) is 28.6 Å². The molecule has 2 aromatic rings. The molecule has 0 aliphatic heterocycles. The molecular weight excluding hydrogens is 254 g/mol. The molecule has 1 unspecified atom stereocenters. The average molecular weight is 275 g/mol. The van der Waals surface area contributed by atoms with Crippen LogP contribution in [0.15, 0.2) is 23.3 Å². The fourth-order valence-corrected chi connectivity index (χ4v) is 2.05. The van der Waals surface area contributed by atoms with Gasteiger partial charge < -0.3 is 20.9 Å². The fourth-order valence-electron chi connectivity index (χ4n) is 2.05. The number of anilines is 2. The van der Waals surface area contributed by atoms with Gasteiger partial charge in [0.25, 0.3) is 5.56 Å². The minimum atomic E-state index is -0.172. The van der Waals surface area contributed by atoms with E-state index in [1.165, 1.54) is 6.33 Å². The van der Waals surface area contributed by atoms with Gasteiger partial charge in [0.1, 0.15) is 0 Å². The molecule has 2 rings (SSSR count). The number of H-pyrrole nitrogens is 1. The Morgan fingerprint density at radius 2 is 2.20 bits per heavy atom. The molecule has 0 amide bonds. The number of nitrogen functional groups attached to an aromatic ring is 1. The lowest BCUT2D eigenvalue weighted by atomic mass is 10.1. The molecule has 0 radical (unpaired) electrons. The van der Waals surface area contributed by atoms with E-state index < -0.39 is 0 Å². The number of rotatable bonds is 5. The van der Waals surface area contributed by atoms with Crippen molar-refractivity contribution in [3.05, 3.63) is 28.8 Å². The van der Waals surface area contributed by atoms with E-state index in [4.69, 9.17) is 5.73 Å². The lowest BCUT2D eigenvalue weighted by Crippen LogP contribution is -2.23. The van der Waals surface area contributed by atoms with Crippen LogP contribution in [0.5, 0.6) is 0 Å². The zero-order valence-corrected chi connectivity index (χ0v) is 12.1. The third kappa shape index (κ3) is 3.27. The second kappa shape index (κ2) is 5.92. The molecule has 1 aromatic carbocycles. The molecule has 0 fully saturated rings. The molecule has 4 N–H and O–H groups in total. The third-order valence-electron chi connectivity index (χ3n) is 3.22. The summed E-state index contributed by atoms with van der Waals surface area (Å²) >= 11 is 0. The predicted molar refractivity (Wildman–Crippen MR) is 83.0 cm³/mol. The number of aromatic amines is 1. The minimum Gasteiger partial charge on any atom is -0.397 e. The summed E-state index contributed by atoms with van der Waals surface area (Å²) in [7, 11) is 4.10. The van der Waals surface area contributed by atoms with Crippen LogP contribution in [0, 0.1) is 0 Å². The van der Waals surface area contributed by atoms with E-state index in [-0.39, 0.29) is 5.56 Å². The number of fused-ring (bicyclic) bond motifs is 1. The number of nitrogens with one attached hydrogen (secondary N) is 2. The first-order valence-corrected chi connectivity index (χ1v) is 6.65. The summed E-state index contributed by atoms with van der Waals surface area (Å²) in [5.74, 6) is 0. The van der Waals surface area contributed by atoms with Gasteiger partial charge in [0.15, 0.2) is 0 Å². The molecule has 108 valence electrons. The molecule has 0 saturated carbocycles. The zero-order valence-electron chi connectivity index (χ0n) is 12.1. The van der Waals surface area contributed by atoms with E-state index in [9.17, 15) is 4.79 Å². The Balaban J connectivity index is 2.22. The molecule has 0 saturated heterocycles. The number of hydrogen-bond acceptors (Lipinski definition) is 5. The maximum absolute atomic E-state index is 11.7. The van der Waals surface area contributed by atoms with Crippen LogP contribution in [0.1, 0.15) is 13.3 Å². The molecule has 6 heteroatoms. The number of hydrogen-bond donors (Lipinski definition) is 3. The predicted octanol–water partition coefficient (Wildman–Crippen LogP) is 1.26. The molecule has 1 atom stereocenters. The summed E-state index contributed by atoms with van der Waals surface area (Å²) in [6, 6.07) is 3.79. The highest BCUT2D eigenvalue weighted by Crippen LogP contribution is 2.23. The van der Waals surface area contributed by atoms with Gasteiger partial charge >= 0.3 is 0 Å². The van der Waals surface area contributed by atoms with Crippen molar-refractivity contribution in [1.29, 1.82) is 0 Å². The van der Waals surface area contributed by atoms with E-state index in [1.54, 1.807) is 6.07 Å². The first-order valence-electron chi connectivity index (χ1n) is 6.65. The molecular formula is C14H21N5O. The standard InChI is InChI=1S/C14H21N5O/c1-9(4-5-19(2)3)18-13-7-12-10(6-11(13)15)14(20)17-8-16-12/h6-9,18H,4-5,15H2,1-3H3,(H,16,17,20). The highest BCUT2D eigenvalue weighted by molar-refractivity contribution is 5.88. The van der Waals surface area contributed by atoms with Crippen molar-refractivity contribution in [2.45, 2.75) is 19.4 Å². The Kier molecular flexibility index (Phi) is 4.24. The van der Waals surface area contributed by atoms with Crippen LogP contribution in [0.3, 0.4) is 0 Å². The Labute approximate surface area is 118 Å². The monoisotopic (exact) mass is 275 g/mol. The quantitative estimate of drug-likeness (QED) is 0.715. The Morgan fingerprint density at radius 1 is 1.45 bits per heavy atom. The van der Waals surface area contributed by atoms with Crippen LogP contribution >= 0.6 is 0 Å². The molecule has 0 aliphatic carbocycles. The summed E-state index contributed by atoms with van der Waals surface area (Å²) in [5, 5.41) is 3.88. The second-order valence-electron chi connectivity index (χ2n) is 5.33. The number of nitrogens with zero attached hydrogens (tertiary/aromatic N) is 2. The highest BCUT2D eigenvalue weighted by atomic mass is 16.1. The van der Waals surface area contributed by atoms with Crippen LogP contribution in [0.25, 0.3) is 10.9 Å². The summed E-state index contributed by atoms with van der Waals surface area (Å²) in [4.78, 5) is 20.5. The van der Waals surface area contributed by atoms with Crippen molar-refractivity contribution in [1.82, 2.24) is 14.9 Å². The minimum absolute atomic E-state index is 0.172. The molecule has 6 nitrogen and oxygen atoms in total. The average Bonchev–Trinajstić information content (AvgIpc) is 2.38. The van der Waals surface area contributed by atoms with Crippen LogP contribution in [-0.2, 0) is 0 Å². The van der Waals surface area contributed by atoms with Gasteiger partial charge in [0.2, 0.25) is 0 Å². The largest absolute Gasteiger partial charge is 0.397 e. The smallest absolute Gasteiger partial charge is 0.258 e. The van der Waals surface area contributed by atoms with E-state index in [2.05, 4.69) is 27.1 Å². The first-order chi connectivity index (χ1) is 9.47. The Bertz CT molecular complexity index is 650. The number of aromatic nitrogens is 2. The molecule has 1 aromatic heterocycles. The number of benzene rings is 1. The van der Waals surface area contributed by atoms with Crippen molar-refractivity contribution in [2.75, 3.05) is 31.7 Å². The van der Waals surface area contributed by atoms with Crippen molar-refractivity contribution in [2.24, 2.45) is 0 Å². The topological polar surface area (TPSA) is 87.0 Å². The molecule has 0 spiro atoms. The SMILES string of the molecule is CC(CCN(C)C)Nc1cc2nc[nH]c(=O)c2cc1N. The van der Waals surface area contributed by atoms with Crippen LogP contribution in [0.4, 0.5) is 11.4 Å². The van der Waals surface area contributed by atoms with Gasteiger partial charge in [-0.2, -0.15) is 0 Å². The highest BCUT2D eigenvalue weighted by Gasteiger charge is 2.09. The van der Waals surface area contributed by atoms with Gasteiger partial charge in [-0.25, -0.2) is 4.98 Å². The fraction of sp³-hybridized carbons (Fsp3) is 0.429. The summed E-state index contributed by atoms with van der Waals surface area (Å²) < 4.78 is 0. The van der Waals surface area contributed by atoms with Gasteiger partial charge in [0, 0.05) is 6.04 Å². The number of nitrogens with two attached hydrogens (primary N) is 1. The summed E-state index contributed by atoms with van der Waals surface area (Å²) in [6.07, 6.45) is 2.41. The molecule has 0 aliphatic rings. The van der Waals surface area contributed by atoms with Crippen molar-refractivity contribution >= 4 is 22.3 Å². The van der Waals surface area contributed by atoms with Crippen LogP contribution in [-0.4, -0.2) is 41.5 Å². The zero-order chi connectivity index (χ0) is 14.7. The van der Waals surface area contributed by atoms with Crippen LogP contribution < -0.4 is 16.6 Å². The summed E-state index contributed by atoms with van der Waals surface area (Å²) in [5.41, 5.74) is 7.86. The molecule has 20 heavy (non-hydrogen) atoms. The molecule has 1 heterocycles. The third-order valence-corrected chi connectivity index (χ3v) is 3.22. The van der Waals surface area contributed by atoms with Crippen LogP contribution in [0.2, 0.25) is 0 Å². The van der Waals surface area contributed by atoms with E-state index in [1.807, 2.05) is 20.2 Å². The maximum atomic E-state index is 11.7. The first kappa shape index (κ1) is 14.3. The summed E-state index contributed by atoms with van der Waals surface area (Å²) in [6.45, 7) is 3.11. The Morgan fingerprint density at radius 3 is 2.90 bits per heavy atom. The molecule has 0 bridgehead atoms. The van der Waals surface area contributed by atoms with Gasteiger partial charge in [-0.15, -0.1) is 0 Å². The van der Waals surface area contributed by atoms with Crippen molar-refractivity contribution in [3.63, 3.8) is 0 Å². The van der Waals surface area contributed by atoms with Gasteiger partial charge in [-0.1, -0.05) is 0 Å². The van der Waals surface area contributed by atoms with Crippen molar-refractivity contribution in [3.8, 4) is 0 Å². The van der Waals surface area contributed by atoms with E-state index in [0.717, 1.165) is 18.7 Å². The maximum Gasteiger partial charge on any atom is 0.258 e.